The van der Waals surface area contributed by atoms with Gasteiger partial charge in [0.15, 0.2) is 17.3 Å². The number of aliphatic hydroxyl groups is 2. The highest BCUT2D eigenvalue weighted by Gasteiger charge is 2.32. The van der Waals surface area contributed by atoms with E-state index >= 15 is 0 Å². The molecule has 0 spiro atoms. The van der Waals surface area contributed by atoms with Gasteiger partial charge in [-0.1, -0.05) is 7.43 Å². The lowest BCUT2D eigenvalue weighted by atomic mass is 9.93. The lowest BCUT2D eigenvalue weighted by molar-refractivity contribution is 0.126. The average molecular weight is 479 g/mol. The van der Waals surface area contributed by atoms with E-state index in [9.17, 15) is 23.4 Å². The number of nitrogens with one attached hydrogen (secondary N) is 2. The summed E-state index contributed by atoms with van der Waals surface area (Å²) in [6.45, 7) is 0. The van der Waals surface area contributed by atoms with Crippen LogP contribution in [0.5, 0.6) is 0 Å². The number of anilines is 3. The molecule has 5 rings (SSSR count). The third-order valence-electron chi connectivity index (χ3n) is 6.48. The molecule has 4 N–H and O–H groups in total. The summed E-state index contributed by atoms with van der Waals surface area (Å²) >= 11 is 0. The maximum Gasteiger partial charge on any atom is 0.224 e. The first kappa shape index (κ1) is 24.2. The molecule has 2 aliphatic carbocycles. The zero-order valence-corrected chi connectivity index (χ0v) is 17.8. The number of imidazole rings is 1. The molecule has 34 heavy (non-hydrogen) atoms. The Morgan fingerprint density at radius 3 is 2.29 bits per heavy atom. The van der Waals surface area contributed by atoms with Crippen molar-refractivity contribution in [2.45, 2.75) is 76.7 Å². The Kier molecular flexibility index (Phi) is 6.94. The minimum atomic E-state index is -1.09. The van der Waals surface area contributed by atoms with Crippen molar-refractivity contribution in [1.82, 2.24) is 19.5 Å². The molecule has 0 bridgehead atoms. The second kappa shape index (κ2) is 9.75. The fraction of sp³-hybridized carbons (Fsp3) is 0.522. The van der Waals surface area contributed by atoms with Crippen molar-refractivity contribution in [2.24, 2.45) is 0 Å². The minimum Gasteiger partial charge on any atom is -0.393 e. The van der Waals surface area contributed by atoms with Gasteiger partial charge in [-0.3, -0.25) is 4.57 Å². The highest BCUT2D eigenvalue weighted by atomic mass is 19.1. The molecule has 0 saturated heterocycles. The summed E-state index contributed by atoms with van der Waals surface area (Å²) in [6.07, 6.45) is 5.57. The molecule has 184 valence electrons. The molecule has 0 amide bonds. The first-order valence-electron chi connectivity index (χ1n) is 11.2. The van der Waals surface area contributed by atoms with Crippen LogP contribution in [0.15, 0.2) is 18.3 Å². The largest absolute Gasteiger partial charge is 0.393 e. The number of halogens is 3. The Morgan fingerprint density at radius 1 is 0.941 bits per heavy atom. The number of hydrogen-bond acceptors (Lipinski definition) is 7. The van der Waals surface area contributed by atoms with Crippen LogP contribution >= 0.6 is 0 Å². The smallest absolute Gasteiger partial charge is 0.224 e. The number of hydrogen-bond donors (Lipinski definition) is 4. The lowest BCUT2D eigenvalue weighted by Gasteiger charge is -2.26. The van der Waals surface area contributed by atoms with Crippen molar-refractivity contribution in [3.63, 3.8) is 0 Å². The van der Waals surface area contributed by atoms with Crippen LogP contribution in [-0.4, -0.2) is 48.0 Å². The van der Waals surface area contributed by atoms with E-state index in [1.807, 2.05) is 0 Å². The topological polar surface area (TPSA) is 108 Å². The van der Waals surface area contributed by atoms with E-state index in [0.29, 0.717) is 54.9 Å². The van der Waals surface area contributed by atoms with E-state index in [1.54, 1.807) is 4.57 Å². The number of benzene rings is 1. The van der Waals surface area contributed by atoms with Crippen LogP contribution in [-0.2, 0) is 0 Å². The van der Waals surface area contributed by atoms with Gasteiger partial charge in [0, 0.05) is 18.2 Å². The third kappa shape index (κ3) is 4.67. The summed E-state index contributed by atoms with van der Waals surface area (Å²) in [4.78, 5) is 13.3. The molecule has 2 saturated carbocycles. The monoisotopic (exact) mass is 478 g/mol. The Balaban J connectivity index is 0.00000274. The molecular formula is C23H29F3N6O2. The molecule has 0 radical (unpaired) electrons. The van der Waals surface area contributed by atoms with Gasteiger partial charge in [-0.05, 0) is 44.9 Å². The van der Waals surface area contributed by atoms with Crippen molar-refractivity contribution in [3.8, 4) is 0 Å². The van der Waals surface area contributed by atoms with Crippen molar-refractivity contribution >= 4 is 28.7 Å². The summed E-state index contributed by atoms with van der Waals surface area (Å²) in [7, 11) is 0. The van der Waals surface area contributed by atoms with Crippen molar-refractivity contribution in [2.75, 3.05) is 10.6 Å². The molecule has 3 aromatic rings. The minimum absolute atomic E-state index is 0. The fourth-order valence-corrected chi connectivity index (χ4v) is 4.76. The first-order valence-corrected chi connectivity index (χ1v) is 11.2. The second-order valence-corrected chi connectivity index (χ2v) is 8.79. The predicted octanol–water partition coefficient (Wildman–Crippen LogP) is 4.42. The first-order chi connectivity index (χ1) is 15.9. The lowest BCUT2D eigenvalue weighted by Crippen LogP contribution is -2.29. The van der Waals surface area contributed by atoms with Gasteiger partial charge in [-0.15, -0.1) is 0 Å². The van der Waals surface area contributed by atoms with Crippen LogP contribution in [0, 0.1) is 17.5 Å². The number of aliphatic hydroxyl groups excluding tert-OH is 2. The highest BCUT2D eigenvalue weighted by molar-refractivity contribution is 5.77. The number of fused-ring (bicyclic) bond motifs is 1. The second-order valence-electron chi connectivity index (χ2n) is 8.79. The van der Waals surface area contributed by atoms with Crippen LogP contribution in [0.1, 0.15) is 58.4 Å². The molecule has 2 atom stereocenters. The van der Waals surface area contributed by atoms with E-state index in [2.05, 4.69) is 25.6 Å². The van der Waals surface area contributed by atoms with Crippen molar-refractivity contribution < 1.29 is 23.4 Å². The number of aromatic nitrogens is 4. The van der Waals surface area contributed by atoms with Gasteiger partial charge in [0.25, 0.3) is 0 Å². The molecular weight excluding hydrogens is 449 g/mol. The predicted molar refractivity (Wildman–Crippen MR) is 122 cm³/mol. The van der Waals surface area contributed by atoms with Gasteiger partial charge in [-0.25, -0.2) is 23.1 Å². The number of rotatable bonds is 5. The van der Waals surface area contributed by atoms with E-state index in [1.165, 1.54) is 6.20 Å². The zero-order chi connectivity index (χ0) is 23.1. The maximum atomic E-state index is 14.3. The van der Waals surface area contributed by atoms with Gasteiger partial charge >= 0.3 is 0 Å². The van der Waals surface area contributed by atoms with E-state index in [4.69, 9.17) is 0 Å². The van der Waals surface area contributed by atoms with Gasteiger partial charge in [-0.2, -0.15) is 4.98 Å². The highest BCUT2D eigenvalue weighted by Crippen LogP contribution is 2.37. The van der Waals surface area contributed by atoms with Crippen LogP contribution in [0.2, 0.25) is 0 Å². The van der Waals surface area contributed by atoms with Gasteiger partial charge in [0.1, 0.15) is 17.0 Å². The number of nitrogens with zero attached hydrogens (tertiary/aromatic N) is 4. The summed E-state index contributed by atoms with van der Waals surface area (Å²) in [5.41, 5.74) is 0.274. The van der Waals surface area contributed by atoms with E-state index in [-0.39, 0.29) is 25.5 Å². The summed E-state index contributed by atoms with van der Waals surface area (Å²) in [5.74, 6) is -2.74. The molecule has 2 fully saturated rings. The third-order valence-corrected chi connectivity index (χ3v) is 6.48. The molecule has 1 aromatic carbocycles. The van der Waals surface area contributed by atoms with Crippen molar-refractivity contribution in [1.29, 1.82) is 0 Å². The van der Waals surface area contributed by atoms with Gasteiger partial charge < -0.3 is 20.8 Å². The summed E-state index contributed by atoms with van der Waals surface area (Å²) in [5, 5.41) is 26.2. The SMILES string of the molecule is C.OC1CCC(Nc2ncc3nc(Nc4c(F)cc(F)cc4F)n([C@H]4CCC[C@@H]4O)c3n2)CC1. The maximum absolute atomic E-state index is 14.3. The van der Waals surface area contributed by atoms with Crippen LogP contribution < -0.4 is 10.6 Å². The quantitative estimate of drug-likeness (QED) is 0.430. The average Bonchev–Trinajstić information content (AvgIpc) is 3.34. The molecule has 2 heterocycles. The standard InChI is InChI=1S/C22H25F3N6O2.CH4/c23-11-8-14(24)19(15(25)9-11)29-22-28-16-10-26-21(27-12-4-6-13(32)7-5-12)30-20(16)31(22)17-2-1-3-18(17)33;/h8-10,12-13,17-18,32-33H,1-7H2,(H,28,29)(H,26,27,30);1H4/t12?,13?,17-,18-;/m0./s1. The van der Waals surface area contributed by atoms with Crippen LogP contribution in [0.4, 0.5) is 30.8 Å². The van der Waals surface area contributed by atoms with Crippen LogP contribution in [0.3, 0.4) is 0 Å². The van der Waals surface area contributed by atoms with Gasteiger partial charge in [0.05, 0.1) is 24.4 Å². The normalized spacial score (nSPS) is 24.7. The van der Waals surface area contributed by atoms with Crippen LogP contribution in [0.25, 0.3) is 11.2 Å². The molecule has 8 nitrogen and oxygen atoms in total. The molecule has 0 unspecified atom stereocenters. The van der Waals surface area contributed by atoms with Gasteiger partial charge in [0.2, 0.25) is 11.9 Å². The summed E-state index contributed by atoms with van der Waals surface area (Å²) in [6, 6.07) is 0.910. The Hall–Kier alpha value is -2.92. The fourth-order valence-electron chi connectivity index (χ4n) is 4.76. The Labute approximate surface area is 195 Å². The van der Waals surface area contributed by atoms with Crippen molar-refractivity contribution in [3.05, 3.63) is 35.8 Å². The summed E-state index contributed by atoms with van der Waals surface area (Å²) < 4.78 is 43.6. The Morgan fingerprint density at radius 2 is 1.65 bits per heavy atom. The molecule has 2 aromatic heterocycles. The van der Waals surface area contributed by atoms with E-state index < -0.39 is 35.3 Å². The van der Waals surface area contributed by atoms with E-state index in [0.717, 1.165) is 19.3 Å². The Bertz CT molecular complexity index is 1140. The molecule has 11 heteroatoms. The molecule has 2 aliphatic rings. The molecule has 0 aliphatic heterocycles. The zero-order valence-electron chi connectivity index (χ0n) is 17.8.